The van der Waals surface area contributed by atoms with Crippen LogP contribution in [-0.4, -0.2) is 35.3 Å². The highest BCUT2D eigenvalue weighted by atomic mass is 35.5. The number of ether oxygens (including phenoxy) is 1. The van der Waals surface area contributed by atoms with Gasteiger partial charge in [-0.05, 0) is 18.2 Å². The lowest BCUT2D eigenvalue weighted by Gasteiger charge is -2.33. The van der Waals surface area contributed by atoms with Crippen LogP contribution in [0.25, 0.3) is 0 Å². The van der Waals surface area contributed by atoms with Gasteiger partial charge in [0.15, 0.2) is 11.0 Å². The van der Waals surface area contributed by atoms with Gasteiger partial charge in [-0.3, -0.25) is 4.79 Å². The van der Waals surface area contributed by atoms with Crippen molar-refractivity contribution in [3.8, 4) is 5.75 Å². The second kappa shape index (κ2) is 7.23. The van der Waals surface area contributed by atoms with Crippen molar-refractivity contribution in [2.75, 3.05) is 18.0 Å². The van der Waals surface area contributed by atoms with Crippen LogP contribution in [-0.2, 0) is 0 Å². The molecule has 8 heteroatoms. The molecule has 126 valence electrons. The van der Waals surface area contributed by atoms with Crippen molar-refractivity contribution in [2.24, 2.45) is 5.73 Å². The molecular formula is C16H16Cl2N4O2. The first kappa shape index (κ1) is 16.8. The number of hydrogen-bond acceptors (Lipinski definition) is 5. The Balaban J connectivity index is 1.67. The number of nitrogens with two attached hydrogens (primary N) is 1. The highest BCUT2D eigenvalue weighted by Gasteiger charge is 2.25. The molecule has 1 saturated heterocycles. The van der Waals surface area contributed by atoms with E-state index in [9.17, 15) is 4.79 Å². The van der Waals surface area contributed by atoms with Crippen LogP contribution in [0.15, 0.2) is 30.3 Å². The maximum absolute atomic E-state index is 11.6. The number of amides is 1. The Morgan fingerprint density at radius 1 is 1.21 bits per heavy atom. The van der Waals surface area contributed by atoms with Crippen LogP contribution in [0, 0.1) is 0 Å². The van der Waals surface area contributed by atoms with Gasteiger partial charge in [0.1, 0.15) is 11.9 Å². The second-order valence-corrected chi connectivity index (χ2v) is 6.30. The van der Waals surface area contributed by atoms with Crippen LogP contribution in [0.2, 0.25) is 10.2 Å². The standard InChI is InChI=1S/C16H16Cl2N4O2/c17-12-3-1-2-4-13(12)24-10-5-7-22(8-6-10)16-11(15(19)23)9-14(18)20-21-16/h1-4,9-10H,5-8H2,(H2,19,23). The van der Waals surface area contributed by atoms with Crippen molar-refractivity contribution in [3.05, 3.63) is 46.1 Å². The number of rotatable bonds is 4. The average molecular weight is 367 g/mol. The molecule has 1 amide bonds. The number of para-hydroxylation sites is 1. The quantitative estimate of drug-likeness (QED) is 0.899. The second-order valence-electron chi connectivity index (χ2n) is 5.50. The largest absolute Gasteiger partial charge is 0.489 e. The van der Waals surface area contributed by atoms with E-state index in [1.54, 1.807) is 6.07 Å². The van der Waals surface area contributed by atoms with Crippen molar-refractivity contribution >= 4 is 34.9 Å². The van der Waals surface area contributed by atoms with Gasteiger partial charge < -0.3 is 15.4 Å². The molecule has 1 aromatic carbocycles. The van der Waals surface area contributed by atoms with Crippen LogP contribution in [0.1, 0.15) is 23.2 Å². The number of primary amides is 1. The Morgan fingerprint density at radius 2 is 1.92 bits per heavy atom. The molecule has 0 bridgehead atoms. The molecule has 0 saturated carbocycles. The summed E-state index contributed by atoms with van der Waals surface area (Å²) in [5, 5.41) is 8.58. The van der Waals surface area contributed by atoms with E-state index in [0.29, 0.717) is 29.7 Å². The fraction of sp³-hybridized carbons (Fsp3) is 0.312. The molecule has 1 fully saturated rings. The van der Waals surface area contributed by atoms with Gasteiger partial charge in [-0.25, -0.2) is 0 Å². The van der Waals surface area contributed by atoms with Crippen LogP contribution < -0.4 is 15.4 Å². The lowest BCUT2D eigenvalue weighted by molar-refractivity contribution is 0.1000. The van der Waals surface area contributed by atoms with Gasteiger partial charge in [0, 0.05) is 25.9 Å². The first-order valence-corrected chi connectivity index (χ1v) is 8.29. The third kappa shape index (κ3) is 3.71. The summed E-state index contributed by atoms with van der Waals surface area (Å²) in [4.78, 5) is 13.6. The monoisotopic (exact) mass is 366 g/mol. The minimum Gasteiger partial charge on any atom is -0.489 e. The third-order valence-corrected chi connectivity index (χ3v) is 4.38. The maximum atomic E-state index is 11.6. The highest BCUT2D eigenvalue weighted by molar-refractivity contribution is 6.32. The first-order chi connectivity index (χ1) is 11.5. The van der Waals surface area contributed by atoms with E-state index in [4.69, 9.17) is 33.7 Å². The number of anilines is 1. The number of benzene rings is 1. The Hall–Kier alpha value is -2.05. The van der Waals surface area contributed by atoms with Crippen molar-refractivity contribution in [2.45, 2.75) is 18.9 Å². The number of halogens is 2. The van der Waals surface area contributed by atoms with Crippen molar-refractivity contribution in [1.29, 1.82) is 0 Å². The Bertz CT molecular complexity index is 749. The molecule has 0 radical (unpaired) electrons. The predicted octanol–water partition coefficient (Wildman–Crippen LogP) is 2.93. The molecule has 0 unspecified atom stereocenters. The average Bonchev–Trinajstić information content (AvgIpc) is 2.58. The number of hydrogen-bond donors (Lipinski definition) is 1. The van der Waals surface area contributed by atoms with E-state index < -0.39 is 5.91 Å². The normalized spacial score (nSPS) is 15.3. The molecule has 6 nitrogen and oxygen atoms in total. The topological polar surface area (TPSA) is 81.3 Å². The van der Waals surface area contributed by atoms with E-state index >= 15 is 0 Å². The SMILES string of the molecule is NC(=O)c1cc(Cl)nnc1N1CCC(Oc2ccccc2Cl)CC1. The first-order valence-electron chi connectivity index (χ1n) is 7.54. The van der Waals surface area contributed by atoms with E-state index in [-0.39, 0.29) is 16.8 Å². The molecule has 0 atom stereocenters. The van der Waals surface area contributed by atoms with Gasteiger partial charge in [-0.1, -0.05) is 35.3 Å². The Kier molecular flexibility index (Phi) is 5.06. The summed E-state index contributed by atoms with van der Waals surface area (Å²) in [7, 11) is 0. The molecule has 0 spiro atoms. The fourth-order valence-corrected chi connectivity index (χ4v) is 3.01. The van der Waals surface area contributed by atoms with Crippen molar-refractivity contribution in [1.82, 2.24) is 10.2 Å². The zero-order valence-corrected chi connectivity index (χ0v) is 14.3. The minimum atomic E-state index is -0.573. The summed E-state index contributed by atoms with van der Waals surface area (Å²) >= 11 is 11.9. The summed E-state index contributed by atoms with van der Waals surface area (Å²) in [5.74, 6) is 0.570. The number of carbonyl (C=O) groups is 1. The van der Waals surface area contributed by atoms with E-state index in [1.807, 2.05) is 23.1 Å². The zero-order valence-electron chi connectivity index (χ0n) is 12.8. The molecule has 1 aliphatic rings. The van der Waals surface area contributed by atoms with Gasteiger partial charge in [0.25, 0.3) is 5.91 Å². The smallest absolute Gasteiger partial charge is 0.252 e. The molecule has 3 rings (SSSR count). The van der Waals surface area contributed by atoms with Crippen LogP contribution in [0.3, 0.4) is 0 Å². The van der Waals surface area contributed by atoms with Gasteiger partial charge >= 0.3 is 0 Å². The van der Waals surface area contributed by atoms with Gasteiger partial charge in [-0.15, -0.1) is 10.2 Å². The minimum absolute atomic E-state index is 0.0541. The highest BCUT2D eigenvalue weighted by Crippen LogP contribution is 2.28. The van der Waals surface area contributed by atoms with Gasteiger partial charge in [0.05, 0.1) is 10.6 Å². The maximum Gasteiger partial charge on any atom is 0.252 e. The van der Waals surface area contributed by atoms with Crippen LogP contribution in [0.5, 0.6) is 5.75 Å². The zero-order chi connectivity index (χ0) is 17.1. The molecule has 24 heavy (non-hydrogen) atoms. The van der Waals surface area contributed by atoms with Crippen molar-refractivity contribution < 1.29 is 9.53 Å². The lowest BCUT2D eigenvalue weighted by atomic mass is 10.1. The molecule has 2 N–H and O–H groups in total. The summed E-state index contributed by atoms with van der Waals surface area (Å²) in [6.45, 7) is 1.34. The molecule has 1 aromatic heterocycles. The number of aromatic nitrogens is 2. The summed E-state index contributed by atoms with van der Waals surface area (Å²) < 4.78 is 5.96. The summed E-state index contributed by atoms with van der Waals surface area (Å²) in [5.41, 5.74) is 5.68. The predicted molar refractivity (Wildman–Crippen MR) is 92.9 cm³/mol. The van der Waals surface area contributed by atoms with Gasteiger partial charge in [-0.2, -0.15) is 0 Å². The number of piperidine rings is 1. The molecule has 0 aliphatic carbocycles. The fourth-order valence-electron chi connectivity index (χ4n) is 2.68. The van der Waals surface area contributed by atoms with E-state index in [1.165, 1.54) is 6.07 Å². The van der Waals surface area contributed by atoms with Crippen LogP contribution in [0.4, 0.5) is 5.82 Å². The Morgan fingerprint density at radius 3 is 2.58 bits per heavy atom. The molecular weight excluding hydrogens is 351 g/mol. The van der Waals surface area contributed by atoms with Crippen molar-refractivity contribution in [3.63, 3.8) is 0 Å². The lowest BCUT2D eigenvalue weighted by Crippen LogP contribution is -2.40. The molecule has 2 heterocycles. The van der Waals surface area contributed by atoms with E-state index in [2.05, 4.69) is 10.2 Å². The molecule has 1 aliphatic heterocycles. The van der Waals surface area contributed by atoms with Crippen LogP contribution >= 0.6 is 23.2 Å². The van der Waals surface area contributed by atoms with E-state index in [0.717, 1.165) is 12.8 Å². The molecule has 2 aromatic rings. The number of carbonyl (C=O) groups excluding carboxylic acids is 1. The number of nitrogens with zero attached hydrogens (tertiary/aromatic N) is 3. The summed E-state index contributed by atoms with van der Waals surface area (Å²) in [6, 6.07) is 8.85. The Labute approximate surface area is 149 Å². The third-order valence-electron chi connectivity index (χ3n) is 3.88. The summed E-state index contributed by atoms with van der Waals surface area (Å²) in [6.07, 6.45) is 1.60. The van der Waals surface area contributed by atoms with Gasteiger partial charge in [0.2, 0.25) is 0 Å².